The van der Waals surface area contributed by atoms with E-state index in [4.69, 9.17) is 10.3 Å². The van der Waals surface area contributed by atoms with Gasteiger partial charge in [0.1, 0.15) is 6.04 Å². The van der Waals surface area contributed by atoms with E-state index >= 15 is 0 Å². The molecule has 0 fully saturated rings. The van der Waals surface area contributed by atoms with Crippen LogP contribution in [-0.2, 0) is 11.3 Å². The van der Waals surface area contributed by atoms with Crippen LogP contribution < -0.4 is 11.1 Å². The first-order valence-corrected chi connectivity index (χ1v) is 3.93. The first-order chi connectivity index (χ1) is 6.13. The fraction of sp³-hybridized carbons (Fsp3) is 0.571. The maximum Gasteiger partial charge on any atom is 0.248 e. The van der Waals surface area contributed by atoms with E-state index in [1.807, 2.05) is 0 Å². The number of nitrogens with one attached hydrogen (secondary N) is 1. The molecule has 6 nitrogen and oxygen atoms in total. The topological polar surface area (TPSA) is 94.0 Å². The Morgan fingerprint density at radius 3 is 2.92 bits per heavy atom. The normalized spacial score (nSPS) is 12.5. The summed E-state index contributed by atoms with van der Waals surface area (Å²) in [5, 5.41) is 6.22. The van der Waals surface area contributed by atoms with Gasteiger partial charge in [-0.2, -0.15) is 4.98 Å². The van der Waals surface area contributed by atoms with Crippen LogP contribution in [0.25, 0.3) is 0 Å². The number of hydrogen-bond acceptors (Lipinski definition) is 5. The lowest BCUT2D eigenvalue weighted by molar-refractivity contribution is -0.119. The van der Waals surface area contributed by atoms with Crippen LogP contribution in [0.15, 0.2) is 4.52 Å². The van der Waals surface area contributed by atoms with Crippen LogP contribution in [0, 0.1) is 0 Å². The molecule has 13 heavy (non-hydrogen) atoms. The summed E-state index contributed by atoms with van der Waals surface area (Å²) < 4.78 is 4.86. The monoisotopic (exact) mass is 184 g/mol. The Hall–Kier alpha value is -1.43. The number of aromatic nitrogens is 2. The van der Waals surface area contributed by atoms with Crippen LogP contribution in [0.4, 0.5) is 0 Å². The molecule has 1 atom stereocenters. The van der Waals surface area contributed by atoms with Gasteiger partial charge in [-0.15, -0.1) is 0 Å². The summed E-state index contributed by atoms with van der Waals surface area (Å²) in [5.41, 5.74) is 5.29. The van der Waals surface area contributed by atoms with Crippen molar-refractivity contribution in [3.8, 4) is 0 Å². The minimum absolute atomic E-state index is 0.139. The third-order valence-electron chi connectivity index (χ3n) is 1.46. The van der Waals surface area contributed by atoms with Crippen molar-refractivity contribution in [1.82, 2.24) is 15.5 Å². The minimum Gasteiger partial charge on any atom is -0.345 e. The van der Waals surface area contributed by atoms with Gasteiger partial charge in [0.15, 0.2) is 5.82 Å². The minimum atomic E-state index is -0.273. The number of nitrogens with two attached hydrogens (primary N) is 1. The SMILES string of the molecule is CC(=O)NC(C)c1nc(CN)no1. The molecule has 0 spiro atoms. The highest BCUT2D eigenvalue weighted by atomic mass is 16.5. The zero-order valence-corrected chi connectivity index (χ0v) is 7.57. The molecule has 1 unspecified atom stereocenters. The van der Waals surface area contributed by atoms with Crippen molar-refractivity contribution < 1.29 is 9.32 Å². The lowest BCUT2D eigenvalue weighted by atomic mass is 10.3. The fourth-order valence-corrected chi connectivity index (χ4v) is 0.893. The number of nitrogens with zero attached hydrogens (tertiary/aromatic N) is 2. The van der Waals surface area contributed by atoms with E-state index < -0.39 is 0 Å². The van der Waals surface area contributed by atoms with Crippen molar-refractivity contribution in [3.63, 3.8) is 0 Å². The molecule has 0 saturated carbocycles. The Bertz CT molecular complexity index is 296. The number of hydrogen-bond donors (Lipinski definition) is 2. The molecule has 1 amide bonds. The van der Waals surface area contributed by atoms with Crippen LogP contribution in [0.5, 0.6) is 0 Å². The van der Waals surface area contributed by atoms with Crippen molar-refractivity contribution in [3.05, 3.63) is 11.7 Å². The summed E-state index contributed by atoms with van der Waals surface area (Å²) in [4.78, 5) is 14.6. The highest BCUT2D eigenvalue weighted by molar-refractivity contribution is 5.73. The Labute approximate surface area is 75.5 Å². The standard InChI is InChI=1S/C7H12N4O2/c1-4(9-5(2)12)7-10-6(3-8)11-13-7/h4H,3,8H2,1-2H3,(H,9,12). The van der Waals surface area contributed by atoms with Crippen LogP contribution in [0.3, 0.4) is 0 Å². The predicted octanol–water partition coefficient (Wildman–Crippen LogP) is -0.275. The van der Waals surface area contributed by atoms with E-state index in [1.165, 1.54) is 6.92 Å². The highest BCUT2D eigenvalue weighted by Crippen LogP contribution is 2.08. The van der Waals surface area contributed by atoms with E-state index in [0.717, 1.165) is 0 Å². The zero-order chi connectivity index (χ0) is 9.84. The molecule has 3 N–H and O–H groups in total. The highest BCUT2D eigenvalue weighted by Gasteiger charge is 2.13. The molecule has 1 aromatic rings. The van der Waals surface area contributed by atoms with Crippen LogP contribution in [0.2, 0.25) is 0 Å². The molecular weight excluding hydrogens is 172 g/mol. The van der Waals surface area contributed by atoms with E-state index in [0.29, 0.717) is 11.7 Å². The fourth-order valence-electron chi connectivity index (χ4n) is 0.893. The maximum absolute atomic E-state index is 10.7. The van der Waals surface area contributed by atoms with Crippen LogP contribution in [-0.4, -0.2) is 16.0 Å². The van der Waals surface area contributed by atoms with Gasteiger partial charge in [-0.25, -0.2) is 0 Å². The molecule has 0 aliphatic rings. The van der Waals surface area contributed by atoms with Gasteiger partial charge in [0.05, 0.1) is 6.54 Å². The Morgan fingerprint density at radius 2 is 2.46 bits per heavy atom. The molecule has 0 radical (unpaired) electrons. The van der Waals surface area contributed by atoms with Crippen molar-refractivity contribution in [2.75, 3.05) is 0 Å². The smallest absolute Gasteiger partial charge is 0.248 e. The summed E-state index contributed by atoms with van der Waals surface area (Å²) >= 11 is 0. The molecule has 0 aliphatic carbocycles. The van der Waals surface area contributed by atoms with Gasteiger partial charge >= 0.3 is 0 Å². The molecule has 72 valence electrons. The lowest BCUT2D eigenvalue weighted by Gasteiger charge is -2.05. The van der Waals surface area contributed by atoms with E-state index in [9.17, 15) is 4.79 Å². The molecular formula is C7H12N4O2. The number of rotatable bonds is 3. The second-order valence-corrected chi connectivity index (χ2v) is 2.68. The summed E-state index contributed by atoms with van der Waals surface area (Å²) in [5.74, 6) is 0.669. The molecule has 0 bridgehead atoms. The molecule has 0 aliphatic heterocycles. The van der Waals surface area contributed by atoms with Gasteiger partial charge in [-0.05, 0) is 6.92 Å². The molecule has 1 heterocycles. The number of carbonyl (C=O) groups is 1. The number of amides is 1. The van der Waals surface area contributed by atoms with Crippen molar-refractivity contribution in [2.24, 2.45) is 5.73 Å². The molecule has 1 aromatic heterocycles. The summed E-state index contributed by atoms with van der Waals surface area (Å²) in [7, 11) is 0. The van der Waals surface area contributed by atoms with Gasteiger partial charge < -0.3 is 15.6 Å². The second kappa shape index (κ2) is 3.99. The van der Waals surface area contributed by atoms with Crippen LogP contribution >= 0.6 is 0 Å². The van der Waals surface area contributed by atoms with Gasteiger partial charge in [-0.3, -0.25) is 4.79 Å². The lowest BCUT2D eigenvalue weighted by Crippen LogP contribution is -2.23. The van der Waals surface area contributed by atoms with Gasteiger partial charge in [-0.1, -0.05) is 5.16 Å². The Balaban J connectivity index is 2.65. The Kier molecular flexibility index (Phi) is 2.97. The average molecular weight is 184 g/mol. The third kappa shape index (κ3) is 2.51. The maximum atomic E-state index is 10.7. The van der Waals surface area contributed by atoms with Crippen LogP contribution in [0.1, 0.15) is 31.6 Å². The van der Waals surface area contributed by atoms with Gasteiger partial charge in [0, 0.05) is 6.92 Å². The quantitative estimate of drug-likeness (QED) is 0.674. The van der Waals surface area contributed by atoms with Crippen molar-refractivity contribution in [1.29, 1.82) is 0 Å². The van der Waals surface area contributed by atoms with Gasteiger partial charge in [0.2, 0.25) is 11.8 Å². The molecule has 6 heteroatoms. The number of carbonyl (C=O) groups excluding carboxylic acids is 1. The third-order valence-corrected chi connectivity index (χ3v) is 1.46. The summed E-state index contributed by atoms with van der Waals surface area (Å²) in [6.45, 7) is 3.42. The average Bonchev–Trinajstić information content (AvgIpc) is 2.50. The molecule has 0 saturated heterocycles. The zero-order valence-electron chi connectivity index (χ0n) is 7.57. The first-order valence-electron chi connectivity index (χ1n) is 3.93. The largest absolute Gasteiger partial charge is 0.345 e. The van der Waals surface area contributed by atoms with Crippen molar-refractivity contribution in [2.45, 2.75) is 26.4 Å². The van der Waals surface area contributed by atoms with E-state index in [2.05, 4.69) is 15.5 Å². The second-order valence-electron chi connectivity index (χ2n) is 2.68. The summed E-state index contributed by atoms with van der Waals surface area (Å²) in [6.07, 6.45) is 0. The van der Waals surface area contributed by atoms with Gasteiger partial charge in [0.25, 0.3) is 0 Å². The van der Waals surface area contributed by atoms with Crippen molar-refractivity contribution >= 4 is 5.91 Å². The first kappa shape index (κ1) is 9.66. The molecule has 0 aromatic carbocycles. The van der Waals surface area contributed by atoms with E-state index in [1.54, 1.807) is 6.92 Å². The Morgan fingerprint density at radius 1 is 1.77 bits per heavy atom. The van der Waals surface area contributed by atoms with E-state index in [-0.39, 0.29) is 18.5 Å². The molecule has 1 rings (SSSR count). The predicted molar refractivity (Wildman–Crippen MR) is 44.4 cm³/mol. The summed E-state index contributed by atoms with van der Waals surface area (Å²) in [6, 6.07) is -0.273.